The van der Waals surface area contributed by atoms with Gasteiger partial charge in [-0.05, 0) is 44.4 Å². The molecule has 57 heavy (non-hydrogen) atoms. The quantitative estimate of drug-likeness (QED) is 0.0747. The first-order valence-corrected chi connectivity index (χ1v) is 20.6. The molecule has 7 unspecified atom stereocenters. The zero-order valence-corrected chi connectivity index (χ0v) is 33.6. The summed E-state index contributed by atoms with van der Waals surface area (Å²) in [5.74, 6) is -2.95. The second-order valence-corrected chi connectivity index (χ2v) is 16.1. The van der Waals surface area contributed by atoms with Crippen LogP contribution >= 0.6 is 0 Å². The molecule has 8 N–H and O–H groups in total. The third-order valence-electron chi connectivity index (χ3n) is 11.9. The number of carbonyl (C=O) groups excluding carboxylic acids is 3. The first-order chi connectivity index (χ1) is 27.2. The average Bonchev–Trinajstić information content (AvgIpc) is 3.19. The molecule has 2 saturated carbocycles. The standard InChI is InChI=1S/C39H66N2O16/c1-5-23-17-24(25(44)12-9-14-40-29(45)13-15-52-4)18-26(35(23)57-39-34(49)33(48)31(46)20(2)53-39)55-38-30(41-21(3)43)36(32(47)28(19-42)56-38)54-27(37(50)51)16-22-10-7-6-8-11-22/h20,22-24,26-28,30-36,38-39,42,46-49H,5-19H2,1-4H3,(H,40,45)(H,41,43)(H,50,51)/t20-,23?,24?,26+,27-,28-,30?,31-,32-,33?,34-,35+,36?,38?,39?/m0/s1. The minimum Gasteiger partial charge on any atom is -0.479 e. The van der Waals surface area contributed by atoms with Crippen molar-refractivity contribution in [1.29, 1.82) is 0 Å². The Bertz CT molecular complexity index is 1290. The van der Waals surface area contributed by atoms with E-state index in [1.54, 1.807) is 0 Å². The minimum absolute atomic E-state index is 0.0632. The van der Waals surface area contributed by atoms with Crippen molar-refractivity contribution in [3.8, 4) is 0 Å². The SMILES string of the molecule is CCC1CC(C(=O)CCCNC(=O)CCOC)C[C@@H](OC2O[C@@H](CO)[C@H](O)C(O[C@@H](CC3CCCCC3)C(=O)O)C2NC(C)=O)[C@@H]1OC1O[C@@H](C)[C@H](O)C(O)[C@@H]1O. The fourth-order valence-corrected chi connectivity index (χ4v) is 8.60. The van der Waals surface area contributed by atoms with Crippen LogP contribution < -0.4 is 10.6 Å². The number of aliphatic hydroxyl groups excluding tert-OH is 5. The lowest BCUT2D eigenvalue weighted by Crippen LogP contribution is -2.67. The summed E-state index contributed by atoms with van der Waals surface area (Å²) in [5.41, 5.74) is 0. The molecular formula is C39H66N2O16. The van der Waals surface area contributed by atoms with Gasteiger partial charge >= 0.3 is 5.97 Å². The third-order valence-corrected chi connectivity index (χ3v) is 11.9. The molecule has 0 radical (unpaired) electrons. The van der Waals surface area contributed by atoms with Gasteiger partial charge in [-0.3, -0.25) is 14.4 Å². The van der Waals surface area contributed by atoms with Gasteiger partial charge in [0.25, 0.3) is 0 Å². The summed E-state index contributed by atoms with van der Waals surface area (Å²) >= 11 is 0. The van der Waals surface area contributed by atoms with E-state index in [1.807, 2.05) is 6.92 Å². The number of ketones is 1. The Hall–Kier alpha value is -2.36. The summed E-state index contributed by atoms with van der Waals surface area (Å²) in [4.78, 5) is 51.0. The number of ether oxygens (including phenoxy) is 6. The summed E-state index contributed by atoms with van der Waals surface area (Å²) in [7, 11) is 1.50. The number of nitrogens with one attached hydrogen (secondary N) is 2. The molecule has 0 aromatic rings. The monoisotopic (exact) mass is 818 g/mol. The molecule has 328 valence electrons. The van der Waals surface area contributed by atoms with Crippen LogP contribution in [0.15, 0.2) is 0 Å². The predicted octanol–water partition coefficient (Wildman–Crippen LogP) is -0.0859. The maximum absolute atomic E-state index is 13.8. The maximum atomic E-state index is 13.8. The van der Waals surface area contributed by atoms with Crippen LogP contribution in [0.1, 0.15) is 97.8 Å². The summed E-state index contributed by atoms with van der Waals surface area (Å²) < 4.78 is 36.0. The predicted molar refractivity (Wildman–Crippen MR) is 199 cm³/mol. The van der Waals surface area contributed by atoms with Crippen LogP contribution in [0.3, 0.4) is 0 Å². The van der Waals surface area contributed by atoms with E-state index in [4.69, 9.17) is 28.4 Å². The number of hydrogen-bond donors (Lipinski definition) is 8. The van der Waals surface area contributed by atoms with Crippen LogP contribution in [0.5, 0.6) is 0 Å². The molecule has 4 fully saturated rings. The van der Waals surface area contributed by atoms with Crippen LogP contribution in [-0.4, -0.2) is 161 Å². The molecule has 4 aliphatic rings. The largest absolute Gasteiger partial charge is 0.479 e. The van der Waals surface area contributed by atoms with Gasteiger partial charge in [0.05, 0.1) is 31.5 Å². The molecular weight excluding hydrogens is 752 g/mol. The highest BCUT2D eigenvalue weighted by Crippen LogP contribution is 2.40. The zero-order chi connectivity index (χ0) is 41.8. The lowest BCUT2D eigenvalue weighted by Gasteiger charge is -2.49. The molecule has 0 aromatic carbocycles. The molecule has 0 aromatic heterocycles. The van der Waals surface area contributed by atoms with Crippen molar-refractivity contribution in [2.45, 2.75) is 177 Å². The summed E-state index contributed by atoms with van der Waals surface area (Å²) in [6, 6.07) is -1.29. The third kappa shape index (κ3) is 13.1. The van der Waals surface area contributed by atoms with Crippen LogP contribution in [0, 0.1) is 17.8 Å². The normalized spacial score (nSPS) is 36.9. The highest BCUT2D eigenvalue weighted by molar-refractivity contribution is 5.81. The highest BCUT2D eigenvalue weighted by Gasteiger charge is 2.52. The Balaban J connectivity index is 1.62. The number of carboxylic acid groups (broad SMARTS) is 1. The molecule has 2 heterocycles. The maximum Gasteiger partial charge on any atom is 0.332 e. The number of rotatable bonds is 20. The van der Waals surface area contributed by atoms with Gasteiger partial charge in [-0.1, -0.05) is 45.4 Å². The molecule has 18 nitrogen and oxygen atoms in total. The van der Waals surface area contributed by atoms with Gasteiger partial charge < -0.3 is 69.7 Å². The Morgan fingerprint density at radius 2 is 1.60 bits per heavy atom. The number of methoxy groups -OCH3 is 1. The first-order valence-electron chi connectivity index (χ1n) is 20.6. The fraction of sp³-hybridized carbons (Fsp3) is 0.897. The van der Waals surface area contributed by atoms with Crippen LogP contribution in [0.25, 0.3) is 0 Å². The van der Waals surface area contributed by atoms with E-state index in [2.05, 4.69) is 10.6 Å². The number of aliphatic hydroxyl groups is 5. The van der Waals surface area contributed by atoms with Gasteiger partial charge in [-0.2, -0.15) is 0 Å². The topological polar surface area (TPSA) is 269 Å². The molecule has 18 heteroatoms. The van der Waals surface area contributed by atoms with Crippen molar-refractivity contribution < 1.29 is 78.2 Å². The van der Waals surface area contributed by atoms with E-state index < -0.39 is 104 Å². The Morgan fingerprint density at radius 1 is 0.877 bits per heavy atom. The molecule has 2 aliphatic heterocycles. The Morgan fingerprint density at radius 3 is 2.23 bits per heavy atom. The van der Waals surface area contributed by atoms with Crippen LogP contribution in [0.4, 0.5) is 0 Å². The minimum atomic E-state index is -1.64. The Labute approximate surface area is 334 Å². The van der Waals surface area contributed by atoms with Crippen molar-refractivity contribution in [3.05, 3.63) is 0 Å². The van der Waals surface area contributed by atoms with Crippen molar-refractivity contribution in [2.75, 3.05) is 26.9 Å². The highest BCUT2D eigenvalue weighted by atomic mass is 16.7. The molecule has 0 spiro atoms. The molecule has 2 aliphatic carbocycles. The second-order valence-electron chi connectivity index (χ2n) is 16.1. The van der Waals surface area contributed by atoms with E-state index in [0.29, 0.717) is 19.3 Å². The molecule has 15 atom stereocenters. The number of amides is 2. The van der Waals surface area contributed by atoms with Crippen molar-refractivity contribution >= 4 is 23.6 Å². The van der Waals surface area contributed by atoms with Crippen molar-refractivity contribution in [3.63, 3.8) is 0 Å². The molecule has 4 rings (SSSR count). The zero-order valence-electron chi connectivity index (χ0n) is 33.6. The van der Waals surface area contributed by atoms with Gasteiger partial charge in [0.2, 0.25) is 11.8 Å². The number of hydrogen-bond acceptors (Lipinski definition) is 15. The van der Waals surface area contributed by atoms with E-state index >= 15 is 0 Å². The first kappa shape index (κ1) is 47.3. The molecule has 2 amide bonds. The summed E-state index contributed by atoms with van der Waals surface area (Å²) in [5, 5.41) is 69.3. The van der Waals surface area contributed by atoms with Crippen LogP contribution in [0.2, 0.25) is 0 Å². The van der Waals surface area contributed by atoms with Crippen molar-refractivity contribution in [2.24, 2.45) is 17.8 Å². The second kappa shape index (κ2) is 22.9. The lowest BCUT2D eigenvalue weighted by molar-refractivity contribution is -0.338. The smallest absolute Gasteiger partial charge is 0.332 e. The van der Waals surface area contributed by atoms with Gasteiger partial charge in [-0.25, -0.2) is 4.79 Å². The van der Waals surface area contributed by atoms with Gasteiger partial charge in [0.1, 0.15) is 48.4 Å². The fourth-order valence-electron chi connectivity index (χ4n) is 8.60. The number of Topliss-reactive ketones (excluding diaryl/α,β-unsaturated/α-hetero) is 1. The summed E-state index contributed by atoms with van der Waals surface area (Å²) in [6.07, 6.45) is -9.51. The van der Waals surface area contributed by atoms with E-state index in [1.165, 1.54) is 21.0 Å². The number of aliphatic carboxylic acids is 1. The van der Waals surface area contributed by atoms with Crippen molar-refractivity contribution in [1.82, 2.24) is 10.6 Å². The molecule has 0 bridgehead atoms. The van der Waals surface area contributed by atoms with Gasteiger partial charge in [0.15, 0.2) is 18.7 Å². The summed E-state index contributed by atoms with van der Waals surface area (Å²) in [6.45, 7) is 4.48. The Kier molecular flexibility index (Phi) is 19.0. The van der Waals surface area contributed by atoms with E-state index in [0.717, 1.165) is 32.1 Å². The van der Waals surface area contributed by atoms with Gasteiger partial charge in [0, 0.05) is 39.3 Å². The number of carbonyl (C=O) groups is 4. The van der Waals surface area contributed by atoms with Crippen LogP contribution in [-0.2, 0) is 47.6 Å². The van der Waals surface area contributed by atoms with E-state index in [9.17, 15) is 49.8 Å². The molecule has 2 saturated heterocycles. The number of carboxylic acids is 1. The lowest BCUT2D eigenvalue weighted by atomic mass is 9.74. The van der Waals surface area contributed by atoms with Gasteiger partial charge in [-0.15, -0.1) is 0 Å². The average molecular weight is 819 g/mol. The van der Waals surface area contributed by atoms with E-state index in [-0.39, 0.29) is 62.4 Å².